The van der Waals surface area contributed by atoms with Crippen molar-refractivity contribution in [3.8, 4) is 0 Å². The molecule has 0 spiro atoms. The van der Waals surface area contributed by atoms with Crippen molar-refractivity contribution in [3.05, 3.63) is 70.8 Å². The zero-order valence-electron chi connectivity index (χ0n) is 17.5. The molecule has 1 saturated heterocycles. The molecule has 0 unspecified atom stereocenters. The Bertz CT molecular complexity index is 819. The van der Waals surface area contributed by atoms with Gasteiger partial charge in [-0.25, -0.2) is 10.1 Å². The summed E-state index contributed by atoms with van der Waals surface area (Å²) in [6, 6.07) is 15.5. The summed E-state index contributed by atoms with van der Waals surface area (Å²) in [5.41, 5.74) is 4.26. The SMILES string of the molecule is Cc1ccc(CON2C(=O)C(=O)N(OCc3ccc(C)cc3)[C@H]3CCCC[C@H]32)cc1. The predicted octanol–water partition coefficient (Wildman–Crippen LogP) is 3.85. The topological polar surface area (TPSA) is 59.1 Å². The van der Waals surface area contributed by atoms with Crippen molar-refractivity contribution >= 4 is 11.8 Å². The molecule has 4 rings (SSSR count). The maximum atomic E-state index is 12.9. The van der Waals surface area contributed by atoms with Gasteiger partial charge in [0.2, 0.25) is 0 Å². The van der Waals surface area contributed by atoms with Crippen molar-refractivity contribution in [1.29, 1.82) is 0 Å². The van der Waals surface area contributed by atoms with Gasteiger partial charge in [0.05, 0.1) is 12.1 Å². The van der Waals surface area contributed by atoms with Crippen molar-refractivity contribution in [3.63, 3.8) is 0 Å². The zero-order valence-corrected chi connectivity index (χ0v) is 17.5. The van der Waals surface area contributed by atoms with Crippen molar-refractivity contribution in [2.75, 3.05) is 0 Å². The number of hydrogen-bond acceptors (Lipinski definition) is 4. The summed E-state index contributed by atoms with van der Waals surface area (Å²) >= 11 is 0. The van der Waals surface area contributed by atoms with Gasteiger partial charge in [-0.05, 0) is 37.8 Å². The van der Waals surface area contributed by atoms with E-state index in [0.29, 0.717) is 0 Å². The largest absolute Gasteiger partial charge is 0.338 e. The first-order chi connectivity index (χ1) is 14.5. The van der Waals surface area contributed by atoms with Crippen LogP contribution in [-0.4, -0.2) is 34.0 Å². The quantitative estimate of drug-likeness (QED) is 0.682. The van der Waals surface area contributed by atoms with E-state index in [4.69, 9.17) is 9.68 Å². The Morgan fingerprint density at radius 3 is 1.43 bits per heavy atom. The van der Waals surface area contributed by atoms with E-state index in [0.717, 1.165) is 47.9 Å². The molecule has 2 aromatic rings. The second kappa shape index (κ2) is 8.98. The van der Waals surface area contributed by atoms with Crippen LogP contribution in [0.3, 0.4) is 0 Å². The lowest BCUT2D eigenvalue weighted by molar-refractivity contribution is -0.270. The number of hydroxylamine groups is 4. The van der Waals surface area contributed by atoms with Gasteiger partial charge in [-0.15, -0.1) is 0 Å². The van der Waals surface area contributed by atoms with E-state index in [1.165, 1.54) is 10.1 Å². The molecule has 2 aliphatic rings. The van der Waals surface area contributed by atoms with Gasteiger partial charge in [-0.3, -0.25) is 19.3 Å². The maximum absolute atomic E-state index is 12.9. The molecular formula is C24H28N2O4. The number of fused-ring (bicyclic) bond motifs is 1. The number of piperazine rings is 1. The molecule has 2 fully saturated rings. The summed E-state index contributed by atoms with van der Waals surface area (Å²) in [6.07, 6.45) is 3.58. The van der Waals surface area contributed by atoms with Gasteiger partial charge in [0.25, 0.3) is 0 Å². The second-order valence-corrected chi connectivity index (χ2v) is 8.20. The van der Waals surface area contributed by atoms with Crippen LogP contribution in [0.25, 0.3) is 0 Å². The van der Waals surface area contributed by atoms with E-state index >= 15 is 0 Å². The smallest absolute Gasteiger partial charge is 0.265 e. The lowest BCUT2D eigenvalue weighted by atomic mass is 9.88. The highest BCUT2D eigenvalue weighted by Gasteiger charge is 2.48. The molecule has 6 nitrogen and oxygen atoms in total. The standard InChI is InChI=1S/C24H28N2O4/c1-17-7-11-19(12-8-17)15-29-25-21-5-3-4-6-22(21)26(24(28)23(25)27)30-16-20-13-9-18(2)10-14-20/h7-14,21-22H,3-6,15-16H2,1-2H3/t21-,22+. The van der Waals surface area contributed by atoms with E-state index in [2.05, 4.69) is 0 Å². The maximum Gasteiger partial charge on any atom is 0.338 e. The fourth-order valence-electron chi connectivity index (χ4n) is 4.09. The average molecular weight is 408 g/mol. The molecule has 1 saturated carbocycles. The number of rotatable bonds is 6. The summed E-state index contributed by atoms with van der Waals surface area (Å²) < 4.78 is 0. The minimum absolute atomic E-state index is 0.188. The van der Waals surface area contributed by atoms with Crippen LogP contribution in [0, 0.1) is 13.8 Å². The second-order valence-electron chi connectivity index (χ2n) is 8.20. The summed E-state index contributed by atoms with van der Waals surface area (Å²) in [5, 5.41) is 2.61. The lowest BCUT2D eigenvalue weighted by Gasteiger charge is -2.46. The van der Waals surface area contributed by atoms with E-state index < -0.39 is 11.8 Å². The zero-order chi connectivity index (χ0) is 21.1. The number of carbonyl (C=O) groups excluding carboxylic acids is 2. The normalized spacial score (nSPS) is 21.7. The first-order valence-corrected chi connectivity index (χ1v) is 10.6. The van der Waals surface area contributed by atoms with Crippen molar-refractivity contribution < 1.29 is 19.3 Å². The van der Waals surface area contributed by atoms with Crippen molar-refractivity contribution in [1.82, 2.24) is 10.1 Å². The molecular weight excluding hydrogens is 380 g/mol. The predicted molar refractivity (Wildman–Crippen MR) is 112 cm³/mol. The Balaban J connectivity index is 1.46. The van der Waals surface area contributed by atoms with E-state index in [9.17, 15) is 9.59 Å². The van der Waals surface area contributed by atoms with Crippen LogP contribution in [-0.2, 0) is 32.5 Å². The summed E-state index contributed by atoms with van der Waals surface area (Å²) in [4.78, 5) is 37.4. The molecule has 158 valence electrons. The van der Waals surface area contributed by atoms with E-state index in [1.54, 1.807) is 0 Å². The number of aryl methyl sites for hydroxylation is 2. The molecule has 0 aromatic heterocycles. The van der Waals surface area contributed by atoms with Gasteiger partial charge in [0.1, 0.15) is 13.2 Å². The van der Waals surface area contributed by atoms with Crippen LogP contribution in [0.5, 0.6) is 0 Å². The van der Waals surface area contributed by atoms with Gasteiger partial charge >= 0.3 is 11.8 Å². The fraction of sp³-hybridized carbons (Fsp3) is 0.417. The third-order valence-corrected chi connectivity index (χ3v) is 5.86. The molecule has 0 bridgehead atoms. The third kappa shape index (κ3) is 4.40. The Morgan fingerprint density at radius 1 is 0.700 bits per heavy atom. The van der Waals surface area contributed by atoms with Crippen LogP contribution < -0.4 is 0 Å². The molecule has 30 heavy (non-hydrogen) atoms. The number of benzene rings is 2. The number of amides is 2. The summed E-state index contributed by atoms with van der Waals surface area (Å²) in [5.74, 6) is -1.32. The average Bonchev–Trinajstić information content (AvgIpc) is 2.76. The Hall–Kier alpha value is -2.70. The minimum Gasteiger partial charge on any atom is -0.265 e. The number of hydrogen-bond donors (Lipinski definition) is 0. The van der Waals surface area contributed by atoms with E-state index in [1.807, 2.05) is 62.4 Å². The highest BCUT2D eigenvalue weighted by atomic mass is 16.7. The molecule has 1 aliphatic heterocycles. The van der Waals surface area contributed by atoms with Crippen LogP contribution in [0.1, 0.15) is 47.9 Å². The molecule has 2 amide bonds. The van der Waals surface area contributed by atoms with Crippen molar-refractivity contribution in [2.24, 2.45) is 0 Å². The highest BCUT2D eigenvalue weighted by molar-refractivity contribution is 6.35. The molecule has 2 aromatic carbocycles. The van der Waals surface area contributed by atoms with Gasteiger partial charge in [-0.2, -0.15) is 0 Å². The molecule has 1 aliphatic carbocycles. The van der Waals surface area contributed by atoms with Crippen LogP contribution >= 0.6 is 0 Å². The Kier molecular flexibility index (Phi) is 6.16. The molecule has 6 heteroatoms. The van der Waals surface area contributed by atoms with Gasteiger partial charge in [-0.1, -0.05) is 72.5 Å². The molecule has 0 N–H and O–H groups in total. The number of carbonyl (C=O) groups is 2. The first kappa shape index (κ1) is 20.6. The molecule has 1 heterocycles. The third-order valence-electron chi connectivity index (χ3n) is 5.86. The Labute approximate surface area is 177 Å². The molecule has 2 atom stereocenters. The van der Waals surface area contributed by atoms with Crippen LogP contribution in [0.4, 0.5) is 0 Å². The van der Waals surface area contributed by atoms with E-state index in [-0.39, 0.29) is 25.3 Å². The fourth-order valence-corrected chi connectivity index (χ4v) is 4.09. The van der Waals surface area contributed by atoms with Crippen molar-refractivity contribution in [2.45, 2.75) is 64.8 Å². The lowest BCUT2D eigenvalue weighted by Crippen LogP contribution is -2.65. The van der Waals surface area contributed by atoms with Crippen LogP contribution in [0.15, 0.2) is 48.5 Å². The highest BCUT2D eigenvalue weighted by Crippen LogP contribution is 2.32. The van der Waals surface area contributed by atoms with Gasteiger partial charge < -0.3 is 0 Å². The Morgan fingerprint density at radius 2 is 1.07 bits per heavy atom. The first-order valence-electron chi connectivity index (χ1n) is 10.6. The number of nitrogens with zero attached hydrogens (tertiary/aromatic N) is 2. The monoisotopic (exact) mass is 408 g/mol. The molecule has 0 radical (unpaired) electrons. The minimum atomic E-state index is -0.658. The van der Waals surface area contributed by atoms with Gasteiger partial charge in [0.15, 0.2) is 0 Å². The van der Waals surface area contributed by atoms with Crippen LogP contribution in [0.2, 0.25) is 0 Å². The summed E-state index contributed by atoms with van der Waals surface area (Å²) in [7, 11) is 0. The summed E-state index contributed by atoms with van der Waals surface area (Å²) in [6.45, 7) is 4.56. The van der Waals surface area contributed by atoms with Gasteiger partial charge in [0, 0.05) is 0 Å².